The van der Waals surface area contributed by atoms with Gasteiger partial charge in [0.05, 0.1) is 18.3 Å². The van der Waals surface area contributed by atoms with Gasteiger partial charge in [0.25, 0.3) is 0 Å². The third-order valence-corrected chi connectivity index (χ3v) is 6.50. The van der Waals surface area contributed by atoms with E-state index in [0.717, 1.165) is 26.2 Å². The Labute approximate surface area is 122 Å². The van der Waals surface area contributed by atoms with Crippen LogP contribution in [0.3, 0.4) is 0 Å². The van der Waals surface area contributed by atoms with Crippen LogP contribution in [0.1, 0.15) is 39.5 Å². The molecular formula is C16H28N2O2. The van der Waals surface area contributed by atoms with Crippen molar-refractivity contribution in [1.29, 1.82) is 0 Å². The fourth-order valence-electron chi connectivity index (χ4n) is 5.19. The Morgan fingerprint density at radius 2 is 1.85 bits per heavy atom. The smallest absolute Gasteiger partial charge is 0.0707 e. The molecule has 3 aliphatic heterocycles. The van der Waals surface area contributed by atoms with E-state index in [-0.39, 0.29) is 11.0 Å². The SMILES string of the molecule is CC1(C)C2OCCCC2C1(N)CN1CC2CCC(C1)O2. The Morgan fingerprint density at radius 1 is 1.15 bits per heavy atom. The van der Waals surface area contributed by atoms with Gasteiger partial charge in [0.2, 0.25) is 0 Å². The number of hydrogen-bond acceptors (Lipinski definition) is 4. The summed E-state index contributed by atoms with van der Waals surface area (Å²) in [6.45, 7) is 8.68. The van der Waals surface area contributed by atoms with Crippen molar-refractivity contribution < 1.29 is 9.47 Å². The predicted molar refractivity (Wildman–Crippen MR) is 77.5 cm³/mol. The first-order valence-corrected chi connectivity index (χ1v) is 8.29. The number of nitrogens with two attached hydrogens (primary N) is 1. The third-order valence-electron chi connectivity index (χ3n) is 6.50. The molecule has 0 radical (unpaired) electrons. The van der Waals surface area contributed by atoms with Crippen molar-refractivity contribution in [3.8, 4) is 0 Å². The molecule has 2 N–H and O–H groups in total. The number of nitrogens with zero attached hydrogens (tertiary/aromatic N) is 1. The van der Waals surface area contributed by atoms with Gasteiger partial charge in [0, 0.05) is 43.1 Å². The number of hydrogen-bond donors (Lipinski definition) is 1. The summed E-state index contributed by atoms with van der Waals surface area (Å²) in [5.41, 5.74) is 6.92. The van der Waals surface area contributed by atoms with Crippen molar-refractivity contribution in [2.45, 2.75) is 63.4 Å². The average Bonchev–Trinajstić information content (AvgIpc) is 2.78. The minimum atomic E-state index is -0.0884. The van der Waals surface area contributed by atoms with Crippen LogP contribution in [0.15, 0.2) is 0 Å². The molecule has 2 bridgehead atoms. The fraction of sp³-hybridized carbons (Fsp3) is 1.00. The van der Waals surface area contributed by atoms with Crippen molar-refractivity contribution in [3.63, 3.8) is 0 Å². The van der Waals surface area contributed by atoms with E-state index in [1.54, 1.807) is 0 Å². The summed E-state index contributed by atoms with van der Waals surface area (Å²) >= 11 is 0. The van der Waals surface area contributed by atoms with Crippen LogP contribution in [0.4, 0.5) is 0 Å². The second-order valence-electron chi connectivity index (χ2n) is 7.95. The number of rotatable bonds is 2. The highest BCUT2D eigenvalue weighted by molar-refractivity contribution is 5.21. The van der Waals surface area contributed by atoms with Gasteiger partial charge in [-0.2, -0.15) is 0 Å². The van der Waals surface area contributed by atoms with Gasteiger partial charge in [-0.05, 0) is 25.7 Å². The zero-order chi connectivity index (χ0) is 14.0. The largest absolute Gasteiger partial charge is 0.377 e. The molecule has 3 saturated heterocycles. The van der Waals surface area contributed by atoms with Crippen LogP contribution in [-0.4, -0.2) is 55.0 Å². The first-order chi connectivity index (χ1) is 9.50. The maximum atomic E-state index is 6.91. The van der Waals surface area contributed by atoms with E-state index in [0.29, 0.717) is 24.2 Å². The van der Waals surface area contributed by atoms with Gasteiger partial charge >= 0.3 is 0 Å². The molecule has 114 valence electrons. The number of morpholine rings is 1. The van der Waals surface area contributed by atoms with E-state index < -0.39 is 0 Å². The maximum absolute atomic E-state index is 6.91. The van der Waals surface area contributed by atoms with Crippen molar-refractivity contribution in [3.05, 3.63) is 0 Å². The molecule has 0 spiro atoms. The molecule has 4 heteroatoms. The molecule has 1 aliphatic carbocycles. The monoisotopic (exact) mass is 280 g/mol. The molecular weight excluding hydrogens is 252 g/mol. The van der Waals surface area contributed by atoms with E-state index >= 15 is 0 Å². The normalized spacial score (nSPS) is 50.5. The van der Waals surface area contributed by atoms with Gasteiger partial charge in [-0.1, -0.05) is 13.8 Å². The van der Waals surface area contributed by atoms with Crippen molar-refractivity contribution >= 4 is 0 Å². The lowest BCUT2D eigenvalue weighted by atomic mass is 9.46. The first kappa shape index (κ1) is 13.5. The van der Waals surface area contributed by atoms with Gasteiger partial charge < -0.3 is 15.2 Å². The third kappa shape index (κ3) is 1.75. The van der Waals surface area contributed by atoms with Gasteiger partial charge in [-0.3, -0.25) is 4.90 Å². The number of fused-ring (bicyclic) bond motifs is 3. The molecule has 3 heterocycles. The summed E-state index contributed by atoms with van der Waals surface area (Å²) in [5, 5.41) is 0. The zero-order valence-corrected chi connectivity index (χ0v) is 12.8. The van der Waals surface area contributed by atoms with E-state index in [9.17, 15) is 0 Å². The molecule has 4 rings (SSSR count). The summed E-state index contributed by atoms with van der Waals surface area (Å²) in [4.78, 5) is 2.57. The topological polar surface area (TPSA) is 47.7 Å². The van der Waals surface area contributed by atoms with Crippen LogP contribution in [0, 0.1) is 11.3 Å². The van der Waals surface area contributed by atoms with Crippen LogP contribution in [0.2, 0.25) is 0 Å². The molecule has 4 nitrogen and oxygen atoms in total. The second-order valence-corrected chi connectivity index (χ2v) is 7.95. The van der Waals surface area contributed by atoms with Crippen LogP contribution >= 0.6 is 0 Å². The highest BCUT2D eigenvalue weighted by atomic mass is 16.5. The maximum Gasteiger partial charge on any atom is 0.0707 e. The highest BCUT2D eigenvalue weighted by Crippen LogP contribution is 2.57. The fourth-order valence-corrected chi connectivity index (χ4v) is 5.19. The molecule has 0 aromatic heterocycles. The number of likely N-dealkylation sites (tertiary alicyclic amines) is 1. The molecule has 5 unspecified atom stereocenters. The first-order valence-electron chi connectivity index (χ1n) is 8.29. The zero-order valence-electron chi connectivity index (χ0n) is 12.8. The molecule has 0 aromatic carbocycles. The lowest BCUT2D eigenvalue weighted by molar-refractivity contribution is -0.234. The minimum Gasteiger partial charge on any atom is -0.377 e. The Balaban J connectivity index is 1.49. The minimum absolute atomic E-state index is 0.0884. The van der Waals surface area contributed by atoms with Crippen molar-refractivity contribution in [2.24, 2.45) is 17.1 Å². The van der Waals surface area contributed by atoms with Crippen LogP contribution in [0.25, 0.3) is 0 Å². The second kappa shape index (κ2) is 4.42. The Kier molecular flexibility index (Phi) is 2.98. The molecule has 0 amide bonds. The lowest BCUT2D eigenvalue weighted by Crippen LogP contribution is -2.80. The Morgan fingerprint density at radius 3 is 2.55 bits per heavy atom. The molecule has 20 heavy (non-hydrogen) atoms. The Bertz CT molecular complexity index is 388. The summed E-state index contributed by atoms with van der Waals surface area (Å²) in [5.74, 6) is 0.548. The van der Waals surface area contributed by atoms with Gasteiger partial charge in [-0.25, -0.2) is 0 Å². The van der Waals surface area contributed by atoms with E-state index in [4.69, 9.17) is 15.2 Å². The summed E-state index contributed by atoms with van der Waals surface area (Å²) in [6.07, 6.45) is 6.16. The molecule has 1 saturated carbocycles. The van der Waals surface area contributed by atoms with Gasteiger partial charge in [0.1, 0.15) is 0 Å². The molecule has 4 fully saturated rings. The van der Waals surface area contributed by atoms with Crippen LogP contribution in [-0.2, 0) is 9.47 Å². The standard InChI is InChI=1S/C16H28N2O2/c1-15(2)14-13(4-3-7-19-14)16(15,17)10-18-8-11-5-6-12(9-18)20-11/h11-14H,3-10,17H2,1-2H3. The number of ether oxygens (including phenoxy) is 2. The Hall–Kier alpha value is -0.160. The van der Waals surface area contributed by atoms with Crippen LogP contribution in [0.5, 0.6) is 0 Å². The quantitative estimate of drug-likeness (QED) is 0.830. The van der Waals surface area contributed by atoms with Crippen molar-refractivity contribution in [2.75, 3.05) is 26.2 Å². The highest BCUT2D eigenvalue weighted by Gasteiger charge is 2.66. The van der Waals surface area contributed by atoms with E-state index in [2.05, 4.69) is 18.7 Å². The van der Waals surface area contributed by atoms with Crippen LogP contribution < -0.4 is 5.73 Å². The predicted octanol–water partition coefficient (Wildman–Crippen LogP) is 1.38. The average molecular weight is 280 g/mol. The summed E-state index contributed by atoms with van der Waals surface area (Å²) in [6, 6.07) is 0. The van der Waals surface area contributed by atoms with Gasteiger partial charge in [0.15, 0.2) is 0 Å². The van der Waals surface area contributed by atoms with E-state index in [1.807, 2.05) is 0 Å². The summed E-state index contributed by atoms with van der Waals surface area (Å²) in [7, 11) is 0. The van der Waals surface area contributed by atoms with Gasteiger partial charge in [-0.15, -0.1) is 0 Å². The molecule has 5 atom stereocenters. The molecule has 4 aliphatic rings. The van der Waals surface area contributed by atoms with Crippen molar-refractivity contribution in [1.82, 2.24) is 4.90 Å². The summed E-state index contributed by atoms with van der Waals surface area (Å²) < 4.78 is 12.0. The van der Waals surface area contributed by atoms with E-state index in [1.165, 1.54) is 25.7 Å². The molecule has 0 aromatic rings. The lowest BCUT2D eigenvalue weighted by Gasteiger charge is -2.67.